The number of H-pyrrole nitrogens is 1. The van der Waals surface area contributed by atoms with Crippen LogP contribution in [0.3, 0.4) is 0 Å². The fourth-order valence-electron chi connectivity index (χ4n) is 3.98. The SMILES string of the molecule is CC(=Nc1ccccc1Sc1ccccc1)c1c(-c2ccccc2)[nH]n(-c2ccc([N+](=O)[O-])cc2)c1=O. The van der Waals surface area contributed by atoms with Crippen LogP contribution in [0.4, 0.5) is 11.4 Å². The number of aromatic amines is 1. The summed E-state index contributed by atoms with van der Waals surface area (Å²) in [5.41, 5.74) is 3.36. The van der Waals surface area contributed by atoms with Crippen molar-refractivity contribution in [2.24, 2.45) is 4.99 Å². The molecule has 0 aliphatic carbocycles. The molecule has 37 heavy (non-hydrogen) atoms. The first-order valence-corrected chi connectivity index (χ1v) is 12.4. The number of rotatable bonds is 7. The summed E-state index contributed by atoms with van der Waals surface area (Å²) < 4.78 is 1.39. The zero-order chi connectivity index (χ0) is 25.8. The van der Waals surface area contributed by atoms with Crippen molar-refractivity contribution >= 4 is 28.8 Å². The molecule has 8 heteroatoms. The van der Waals surface area contributed by atoms with Gasteiger partial charge in [-0.25, -0.2) is 4.68 Å². The highest BCUT2D eigenvalue weighted by molar-refractivity contribution is 7.99. The highest BCUT2D eigenvalue weighted by Gasteiger charge is 2.20. The number of nitrogens with zero attached hydrogens (tertiary/aromatic N) is 3. The molecule has 5 aromatic rings. The number of nitrogens with one attached hydrogen (secondary N) is 1. The van der Waals surface area contributed by atoms with E-state index >= 15 is 0 Å². The van der Waals surface area contributed by atoms with Gasteiger partial charge in [0, 0.05) is 27.5 Å². The molecule has 5 rings (SSSR count). The van der Waals surface area contributed by atoms with Crippen LogP contribution in [0.1, 0.15) is 12.5 Å². The van der Waals surface area contributed by atoms with E-state index in [1.807, 2.05) is 91.9 Å². The predicted molar refractivity (Wildman–Crippen MR) is 147 cm³/mol. The fraction of sp³-hybridized carbons (Fsp3) is 0.0345. The number of non-ortho nitro benzene ring substituents is 1. The number of aliphatic imine (C=N–C) groups is 1. The summed E-state index contributed by atoms with van der Waals surface area (Å²) in [7, 11) is 0. The van der Waals surface area contributed by atoms with Gasteiger partial charge in [-0.3, -0.25) is 25.0 Å². The Kier molecular flexibility index (Phi) is 6.83. The van der Waals surface area contributed by atoms with Crippen LogP contribution in [-0.4, -0.2) is 20.4 Å². The molecule has 0 aliphatic rings. The first kappa shape index (κ1) is 24.0. The van der Waals surface area contributed by atoms with Gasteiger partial charge in [-0.1, -0.05) is 72.4 Å². The number of para-hydroxylation sites is 1. The summed E-state index contributed by atoms with van der Waals surface area (Å²) >= 11 is 1.61. The van der Waals surface area contributed by atoms with Crippen molar-refractivity contribution in [3.63, 3.8) is 0 Å². The lowest BCUT2D eigenvalue weighted by atomic mass is 10.1. The highest BCUT2D eigenvalue weighted by Crippen LogP contribution is 2.35. The maximum Gasteiger partial charge on any atom is 0.280 e. The number of hydrogen-bond donors (Lipinski definition) is 1. The molecule has 0 aliphatic heterocycles. The third-order valence-corrected chi connectivity index (χ3v) is 6.83. The number of aromatic nitrogens is 2. The number of hydrogen-bond acceptors (Lipinski definition) is 5. The van der Waals surface area contributed by atoms with Crippen LogP contribution in [0, 0.1) is 10.1 Å². The topological polar surface area (TPSA) is 93.3 Å². The highest BCUT2D eigenvalue weighted by atomic mass is 32.2. The second kappa shape index (κ2) is 10.5. The van der Waals surface area contributed by atoms with Crippen LogP contribution in [0.15, 0.2) is 129 Å². The van der Waals surface area contributed by atoms with E-state index in [0.29, 0.717) is 22.7 Å². The molecule has 0 saturated carbocycles. The quantitative estimate of drug-likeness (QED) is 0.146. The van der Waals surface area contributed by atoms with Gasteiger partial charge in [-0.15, -0.1) is 0 Å². The summed E-state index contributed by atoms with van der Waals surface area (Å²) in [6.45, 7) is 1.82. The third-order valence-electron chi connectivity index (χ3n) is 5.76. The Labute approximate surface area is 217 Å². The van der Waals surface area contributed by atoms with Gasteiger partial charge >= 0.3 is 0 Å². The van der Waals surface area contributed by atoms with E-state index in [-0.39, 0.29) is 11.2 Å². The van der Waals surface area contributed by atoms with Crippen molar-refractivity contribution in [3.8, 4) is 16.9 Å². The normalized spacial score (nSPS) is 11.4. The van der Waals surface area contributed by atoms with Crippen LogP contribution >= 0.6 is 11.8 Å². The fourth-order valence-corrected chi connectivity index (χ4v) is 4.89. The van der Waals surface area contributed by atoms with Crippen molar-refractivity contribution in [1.82, 2.24) is 9.78 Å². The van der Waals surface area contributed by atoms with Gasteiger partial charge in [0.25, 0.3) is 11.2 Å². The summed E-state index contributed by atoms with van der Waals surface area (Å²) in [5.74, 6) is 0. The summed E-state index contributed by atoms with van der Waals surface area (Å²) in [5, 5.41) is 14.3. The van der Waals surface area contributed by atoms with Gasteiger partial charge in [0.1, 0.15) is 0 Å². The maximum atomic E-state index is 13.7. The van der Waals surface area contributed by atoms with E-state index in [1.54, 1.807) is 23.9 Å². The Bertz CT molecular complexity index is 1640. The maximum absolute atomic E-state index is 13.7. The molecular weight excluding hydrogens is 484 g/mol. The van der Waals surface area contributed by atoms with Crippen molar-refractivity contribution in [2.75, 3.05) is 0 Å². The first-order valence-electron chi connectivity index (χ1n) is 11.5. The number of nitro groups is 1. The van der Waals surface area contributed by atoms with E-state index in [0.717, 1.165) is 21.0 Å². The van der Waals surface area contributed by atoms with E-state index in [2.05, 4.69) is 5.10 Å². The van der Waals surface area contributed by atoms with Gasteiger partial charge in [-0.05, 0) is 43.3 Å². The zero-order valence-electron chi connectivity index (χ0n) is 19.9. The number of benzene rings is 4. The van der Waals surface area contributed by atoms with Gasteiger partial charge < -0.3 is 0 Å². The molecule has 0 unspecified atom stereocenters. The Morgan fingerprint density at radius 3 is 2.16 bits per heavy atom. The van der Waals surface area contributed by atoms with Crippen molar-refractivity contribution < 1.29 is 4.92 Å². The second-order valence-corrected chi connectivity index (χ2v) is 9.34. The van der Waals surface area contributed by atoms with Crippen molar-refractivity contribution in [2.45, 2.75) is 16.7 Å². The molecule has 4 aromatic carbocycles. The molecule has 7 nitrogen and oxygen atoms in total. The average Bonchev–Trinajstić information content (AvgIpc) is 3.28. The van der Waals surface area contributed by atoms with Crippen LogP contribution < -0.4 is 5.56 Å². The Morgan fingerprint density at radius 2 is 1.49 bits per heavy atom. The lowest BCUT2D eigenvalue weighted by molar-refractivity contribution is -0.384. The average molecular weight is 507 g/mol. The second-order valence-electron chi connectivity index (χ2n) is 8.22. The smallest absolute Gasteiger partial charge is 0.280 e. The Balaban J connectivity index is 1.62. The standard InChI is InChI=1S/C29H22N4O3S/c1-20(30-25-14-8-9-15-26(25)37-24-12-6-3-7-13-24)27-28(21-10-4-2-5-11-21)31-32(29(27)34)22-16-18-23(19-17-22)33(35)36/h2-19,31H,1H3. The summed E-state index contributed by atoms with van der Waals surface area (Å²) in [4.78, 5) is 31.3. The molecule has 1 N–H and O–H groups in total. The number of nitro benzene ring substituents is 1. The van der Waals surface area contributed by atoms with E-state index in [9.17, 15) is 14.9 Å². The molecule has 0 fully saturated rings. The first-order chi connectivity index (χ1) is 18.0. The van der Waals surface area contributed by atoms with E-state index in [1.165, 1.54) is 16.8 Å². The molecule has 1 heterocycles. The minimum Gasteiger partial charge on any atom is -0.290 e. The minimum absolute atomic E-state index is 0.0443. The molecule has 0 bridgehead atoms. The molecule has 0 saturated heterocycles. The molecule has 0 atom stereocenters. The largest absolute Gasteiger partial charge is 0.290 e. The molecule has 0 radical (unpaired) electrons. The summed E-state index contributed by atoms with van der Waals surface area (Å²) in [6.07, 6.45) is 0. The van der Waals surface area contributed by atoms with Crippen LogP contribution in [-0.2, 0) is 0 Å². The van der Waals surface area contributed by atoms with Gasteiger partial charge in [0.2, 0.25) is 0 Å². The van der Waals surface area contributed by atoms with Crippen LogP contribution in [0.5, 0.6) is 0 Å². The van der Waals surface area contributed by atoms with Crippen LogP contribution in [0.2, 0.25) is 0 Å². The molecule has 0 spiro atoms. The van der Waals surface area contributed by atoms with Gasteiger partial charge in [0.15, 0.2) is 0 Å². The molecule has 0 amide bonds. The van der Waals surface area contributed by atoms with Crippen molar-refractivity contribution in [1.29, 1.82) is 0 Å². The lowest BCUT2D eigenvalue weighted by Gasteiger charge is -2.07. The Morgan fingerprint density at radius 1 is 0.865 bits per heavy atom. The van der Waals surface area contributed by atoms with Crippen LogP contribution in [0.25, 0.3) is 16.9 Å². The monoisotopic (exact) mass is 506 g/mol. The Hall–Kier alpha value is -4.69. The molecular formula is C29H22N4O3S. The van der Waals surface area contributed by atoms with Gasteiger partial charge in [-0.2, -0.15) is 0 Å². The molecule has 182 valence electrons. The van der Waals surface area contributed by atoms with Gasteiger partial charge in [0.05, 0.1) is 33.3 Å². The third kappa shape index (κ3) is 5.14. The lowest BCUT2D eigenvalue weighted by Crippen LogP contribution is -2.19. The van der Waals surface area contributed by atoms with E-state index < -0.39 is 4.92 Å². The molecule has 1 aromatic heterocycles. The van der Waals surface area contributed by atoms with Crippen molar-refractivity contribution in [3.05, 3.63) is 135 Å². The predicted octanol–water partition coefficient (Wildman–Crippen LogP) is 7.03. The zero-order valence-corrected chi connectivity index (χ0v) is 20.7. The summed E-state index contributed by atoms with van der Waals surface area (Å²) in [6, 6.07) is 33.3. The minimum atomic E-state index is -0.468. The van der Waals surface area contributed by atoms with E-state index in [4.69, 9.17) is 4.99 Å².